The van der Waals surface area contributed by atoms with Crippen LogP contribution in [0.1, 0.15) is 31.9 Å². The van der Waals surface area contributed by atoms with Gasteiger partial charge in [-0.25, -0.2) is 0 Å². The number of nitrogens with zero attached hydrogens (tertiary/aromatic N) is 1. The summed E-state index contributed by atoms with van der Waals surface area (Å²) in [5.41, 5.74) is 3.22. The minimum atomic E-state index is -0.249. The lowest BCUT2D eigenvalue weighted by Crippen LogP contribution is -2.51. The molecule has 1 aromatic carbocycles. The van der Waals surface area contributed by atoms with E-state index in [0.29, 0.717) is 6.54 Å². The molecule has 0 spiro atoms. The molecule has 1 aliphatic heterocycles. The molecule has 0 unspecified atom stereocenters. The first-order valence-electron chi connectivity index (χ1n) is 7.17. The quantitative estimate of drug-likeness (QED) is 0.825. The average molecular weight is 289 g/mol. The first kappa shape index (κ1) is 15.5. The fraction of sp³-hybridized carbons (Fsp3) is 0.500. The standard InChI is InChI=1S/C16H23N3O2/c1-11-5-6-13(12(7-11)8-17-16(2,3)4)19-9-14(20)18-15(21)10-19/h5-7,17H,8-10H2,1-4H3,(H,18,20,21). The lowest BCUT2D eigenvalue weighted by Gasteiger charge is -2.30. The number of nitrogens with one attached hydrogen (secondary N) is 2. The van der Waals surface area contributed by atoms with Gasteiger partial charge in [-0.15, -0.1) is 0 Å². The van der Waals surface area contributed by atoms with E-state index in [2.05, 4.69) is 37.5 Å². The van der Waals surface area contributed by atoms with Crippen LogP contribution in [-0.4, -0.2) is 30.4 Å². The number of carbonyl (C=O) groups is 2. The number of imide groups is 1. The number of anilines is 1. The molecule has 0 saturated carbocycles. The monoisotopic (exact) mass is 289 g/mol. The molecule has 2 rings (SSSR count). The van der Waals surface area contributed by atoms with Gasteiger partial charge in [0.2, 0.25) is 11.8 Å². The maximum absolute atomic E-state index is 11.6. The minimum absolute atomic E-state index is 0.0100. The van der Waals surface area contributed by atoms with Crippen molar-refractivity contribution in [3.05, 3.63) is 29.3 Å². The maximum atomic E-state index is 11.6. The zero-order valence-electron chi connectivity index (χ0n) is 13.1. The normalized spacial score (nSPS) is 16.1. The van der Waals surface area contributed by atoms with Crippen LogP contribution < -0.4 is 15.5 Å². The van der Waals surface area contributed by atoms with Crippen molar-refractivity contribution in [1.82, 2.24) is 10.6 Å². The molecular formula is C16H23N3O2. The Morgan fingerprint density at radius 3 is 2.38 bits per heavy atom. The van der Waals surface area contributed by atoms with Crippen molar-refractivity contribution in [3.8, 4) is 0 Å². The van der Waals surface area contributed by atoms with Gasteiger partial charge in [-0.3, -0.25) is 14.9 Å². The van der Waals surface area contributed by atoms with E-state index in [1.165, 1.54) is 0 Å². The number of hydrogen-bond donors (Lipinski definition) is 2. The highest BCUT2D eigenvalue weighted by Crippen LogP contribution is 2.23. The van der Waals surface area contributed by atoms with E-state index in [-0.39, 0.29) is 30.4 Å². The molecule has 1 fully saturated rings. The summed E-state index contributed by atoms with van der Waals surface area (Å²) in [5.74, 6) is -0.497. The summed E-state index contributed by atoms with van der Waals surface area (Å²) >= 11 is 0. The fourth-order valence-electron chi connectivity index (χ4n) is 2.33. The second-order valence-corrected chi connectivity index (χ2v) is 6.56. The number of amides is 2. The van der Waals surface area contributed by atoms with Gasteiger partial charge in [0, 0.05) is 17.8 Å². The van der Waals surface area contributed by atoms with Crippen LogP contribution in [0.25, 0.3) is 0 Å². The SMILES string of the molecule is Cc1ccc(N2CC(=O)NC(=O)C2)c(CNC(C)(C)C)c1. The molecule has 0 aromatic heterocycles. The molecule has 1 saturated heterocycles. The van der Waals surface area contributed by atoms with Gasteiger partial charge in [0.25, 0.3) is 0 Å². The van der Waals surface area contributed by atoms with Gasteiger partial charge in [-0.2, -0.15) is 0 Å². The third-order valence-corrected chi connectivity index (χ3v) is 3.33. The number of rotatable bonds is 3. The van der Waals surface area contributed by atoms with E-state index in [9.17, 15) is 9.59 Å². The molecule has 1 aliphatic rings. The third-order valence-electron chi connectivity index (χ3n) is 3.33. The number of carbonyl (C=O) groups excluding carboxylic acids is 2. The van der Waals surface area contributed by atoms with Crippen LogP contribution in [0, 0.1) is 6.92 Å². The van der Waals surface area contributed by atoms with Gasteiger partial charge >= 0.3 is 0 Å². The number of piperazine rings is 1. The fourth-order valence-corrected chi connectivity index (χ4v) is 2.33. The lowest BCUT2D eigenvalue weighted by atomic mass is 10.0. The van der Waals surface area contributed by atoms with Gasteiger partial charge in [0.1, 0.15) is 0 Å². The number of hydrogen-bond acceptors (Lipinski definition) is 4. The van der Waals surface area contributed by atoms with Crippen LogP contribution in [0.15, 0.2) is 18.2 Å². The van der Waals surface area contributed by atoms with Crippen molar-refractivity contribution in [1.29, 1.82) is 0 Å². The zero-order valence-corrected chi connectivity index (χ0v) is 13.1. The van der Waals surface area contributed by atoms with Crippen molar-refractivity contribution in [3.63, 3.8) is 0 Å². The van der Waals surface area contributed by atoms with E-state index in [1.807, 2.05) is 24.0 Å². The lowest BCUT2D eigenvalue weighted by molar-refractivity contribution is -0.130. The minimum Gasteiger partial charge on any atom is -0.353 e. The average Bonchev–Trinajstić information content (AvgIpc) is 2.34. The van der Waals surface area contributed by atoms with Crippen LogP contribution in [0.2, 0.25) is 0 Å². The molecule has 1 heterocycles. The summed E-state index contributed by atoms with van der Waals surface area (Å²) in [5, 5.41) is 5.79. The Balaban J connectivity index is 2.25. The van der Waals surface area contributed by atoms with Gasteiger partial charge in [0.15, 0.2) is 0 Å². The highest BCUT2D eigenvalue weighted by Gasteiger charge is 2.24. The molecule has 5 nitrogen and oxygen atoms in total. The van der Waals surface area contributed by atoms with E-state index >= 15 is 0 Å². The molecule has 21 heavy (non-hydrogen) atoms. The Hall–Kier alpha value is -1.88. The summed E-state index contributed by atoms with van der Waals surface area (Å²) in [6.45, 7) is 9.51. The summed E-state index contributed by atoms with van der Waals surface area (Å²) in [4.78, 5) is 25.0. The predicted molar refractivity (Wildman–Crippen MR) is 83.1 cm³/mol. The van der Waals surface area contributed by atoms with E-state index in [0.717, 1.165) is 16.8 Å². The number of aryl methyl sites for hydroxylation is 1. The molecular weight excluding hydrogens is 266 g/mol. The van der Waals surface area contributed by atoms with Gasteiger partial charge in [0.05, 0.1) is 13.1 Å². The smallest absolute Gasteiger partial charge is 0.246 e. The van der Waals surface area contributed by atoms with E-state index in [4.69, 9.17) is 0 Å². The van der Waals surface area contributed by atoms with Crippen molar-refractivity contribution in [2.75, 3.05) is 18.0 Å². The summed E-state index contributed by atoms with van der Waals surface area (Å²) in [6.07, 6.45) is 0. The highest BCUT2D eigenvalue weighted by molar-refractivity contribution is 6.02. The van der Waals surface area contributed by atoms with E-state index in [1.54, 1.807) is 0 Å². The molecule has 0 atom stereocenters. The molecule has 0 bridgehead atoms. The first-order valence-corrected chi connectivity index (χ1v) is 7.17. The van der Waals surface area contributed by atoms with Crippen molar-refractivity contribution in [2.45, 2.75) is 39.8 Å². The Bertz CT molecular complexity index is 545. The Kier molecular flexibility index (Phi) is 4.32. The van der Waals surface area contributed by atoms with Crippen LogP contribution in [-0.2, 0) is 16.1 Å². The third kappa shape index (κ3) is 4.29. The Morgan fingerprint density at radius 2 is 1.81 bits per heavy atom. The predicted octanol–water partition coefficient (Wildman–Crippen LogP) is 1.35. The Labute approximate surface area is 125 Å². The summed E-state index contributed by atoms with van der Waals surface area (Å²) < 4.78 is 0. The summed E-state index contributed by atoms with van der Waals surface area (Å²) in [6, 6.07) is 6.10. The molecule has 114 valence electrons. The molecule has 2 N–H and O–H groups in total. The molecule has 2 amide bonds. The van der Waals surface area contributed by atoms with Gasteiger partial charge in [-0.1, -0.05) is 17.7 Å². The topological polar surface area (TPSA) is 61.4 Å². The maximum Gasteiger partial charge on any atom is 0.246 e. The van der Waals surface area contributed by atoms with Gasteiger partial charge in [-0.05, 0) is 39.3 Å². The van der Waals surface area contributed by atoms with E-state index < -0.39 is 0 Å². The molecule has 0 aliphatic carbocycles. The second kappa shape index (κ2) is 5.85. The summed E-state index contributed by atoms with van der Waals surface area (Å²) in [7, 11) is 0. The van der Waals surface area contributed by atoms with Crippen molar-refractivity contribution >= 4 is 17.5 Å². The highest BCUT2D eigenvalue weighted by atomic mass is 16.2. The largest absolute Gasteiger partial charge is 0.353 e. The molecule has 5 heteroatoms. The van der Waals surface area contributed by atoms with Crippen LogP contribution in [0.5, 0.6) is 0 Å². The van der Waals surface area contributed by atoms with Crippen LogP contribution in [0.4, 0.5) is 5.69 Å². The first-order chi connectivity index (χ1) is 9.74. The number of benzene rings is 1. The van der Waals surface area contributed by atoms with Gasteiger partial charge < -0.3 is 10.2 Å². The van der Waals surface area contributed by atoms with Crippen molar-refractivity contribution in [2.24, 2.45) is 0 Å². The second-order valence-electron chi connectivity index (χ2n) is 6.56. The molecule has 1 aromatic rings. The van der Waals surface area contributed by atoms with Crippen LogP contribution >= 0.6 is 0 Å². The molecule has 0 radical (unpaired) electrons. The Morgan fingerprint density at radius 1 is 1.19 bits per heavy atom. The van der Waals surface area contributed by atoms with Crippen LogP contribution in [0.3, 0.4) is 0 Å². The zero-order chi connectivity index (χ0) is 15.6. The van der Waals surface area contributed by atoms with Crippen molar-refractivity contribution < 1.29 is 9.59 Å².